The van der Waals surface area contributed by atoms with Crippen molar-refractivity contribution in [1.29, 1.82) is 0 Å². The van der Waals surface area contributed by atoms with Gasteiger partial charge in [0.2, 0.25) is 16.9 Å². The van der Waals surface area contributed by atoms with E-state index in [2.05, 4.69) is 25.7 Å². The number of piperidine rings is 1. The minimum atomic E-state index is -1.08. The second-order valence-corrected chi connectivity index (χ2v) is 8.81. The summed E-state index contributed by atoms with van der Waals surface area (Å²) in [5, 5.41) is 26.3. The molecule has 3 N–H and O–H groups in total. The fourth-order valence-electron chi connectivity index (χ4n) is 3.75. The number of hydrogen-bond donors (Lipinski definition) is 3. The number of amides is 2. The molecule has 2 amide bonds. The molecule has 0 saturated carbocycles. The molecule has 2 aliphatic heterocycles. The molecule has 3 rings (SSSR count). The zero-order valence-electron chi connectivity index (χ0n) is 15.9. The fourth-order valence-corrected chi connectivity index (χ4v) is 4.49. The summed E-state index contributed by atoms with van der Waals surface area (Å²) < 4.78 is 6.15. The lowest BCUT2D eigenvalue weighted by Gasteiger charge is -2.51. The van der Waals surface area contributed by atoms with E-state index in [0.717, 1.165) is 36.1 Å². The molecule has 0 bridgehead atoms. The first-order valence-corrected chi connectivity index (χ1v) is 9.96. The lowest BCUT2D eigenvalue weighted by molar-refractivity contribution is -0.180. The Labute approximate surface area is 162 Å². The van der Waals surface area contributed by atoms with E-state index in [4.69, 9.17) is 4.74 Å². The van der Waals surface area contributed by atoms with E-state index >= 15 is 0 Å². The predicted octanol–water partition coefficient (Wildman–Crippen LogP) is -0.0223. The van der Waals surface area contributed by atoms with Gasteiger partial charge in [-0.1, -0.05) is 11.3 Å². The predicted molar refractivity (Wildman–Crippen MR) is 101 cm³/mol. The Morgan fingerprint density at radius 2 is 2.07 bits per heavy atom. The van der Waals surface area contributed by atoms with Crippen LogP contribution in [0.2, 0.25) is 0 Å². The standard InChI is InChI=1S/C17H27N5O4S/c1-11(23)18-8-14(24)19-13-9-26-17(10-16(13,3)25)4-6-22(7-5-17)15-21-20-12(2)27-15/h13,25H,4-10H2,1-3H3,(H,18,23)(H,19,24)/t13-,16-/m0/s1. The van der Waals surface area contributed by atoms with Crippen molar-refractivity contribution in [3.63, 3.8) is 0 Å². The van der Waals surface area contributed by atoms with Crippen molar-refractivity contribution in [2.45, 2.75) is 57.3 Å². The molecule has 9 nitrogen and oxygen atoms in total. The quantitative estimate of drug-likeness (QED) is 0.654. The fraction of sp³-hybridized carbons (Fsp3) is 0.765. The third-order valence-electron chi connectivity index (χ3n) is 5.28. The first kappa shape index (κ1) is 20.0. The van der Waals surface area contributed by atoms with Crippen molar-refractivity contribution < 1.29 is 19.4 Å². The van der Waals surface area contributed by atoms with Crippen molar-refractivity contribution in [2.75, 3.05) is 31.1 Å². The Balaban J connectivity index is 1.55. The Morgan fingerprint density at radius 3 is 2.63 bits per heavy atom. The molecule has 0 radical (unpaired) electrons. The number of hydrogen-bond acceptors (Lipinski definition) is 8. The van der Waals surface area contributed by atoms with Crippen molar-refractivity contribution in [3.05, 3.63) is 5.01 Å². The summed E-state index contributed by atoms with van der Waals surface area (Å²) >= 11 is 1.58. The highest BCUT2D eigenvalue weighted by Crippen LogP contribution is 2.40. The van der Waals surface area contributed by atoms with E-state index in [-0.39, 0.29) is 25.0 Å². The lowest BCUT2D eigenvalue weighted by Crippen LogP contribution is -2.64. The summed E-state index contributed by atoms with van der Waals surface area (Å²) in [6.07, 6.45) is 2.02. The van der Waals surface area contributed by atoms with Crippen LogP contribution < -0.4 is 15.5 Å². The molecular formula is C17H27N5O4S. The van der Waals surface area contributed by atoms with Gasteiger partial charge in [-0.05, 0) is 26.7 Å². The monoisotopic (exact) mass is 397 g/mol. The van der Waals surface area contributed by atoms with Gasteiger partial charge in [0.15, 0.2) is 0 Å². The molecule has 2 atom stereocenters. The van der Waals surface area contributed by atoms with Gasteiger partial charge in [0.25, 0.3) is 0 Å². The van der Waals surface area contributed by atoms with Crippen LogP contribution in [0.25, 0.3) is 0 Å². The van der Waals surface area contributed by atoms with E-state index in [9.17, 15) is 14.7 Å². The Hall–Kier alpha value is -1.78. The van der Waals surface area contributed by atoms with Crippen molar-refractivity contribution in [2.24, 2.45) is 0 Å². The molecule has 3 heterocycles. The van der Waals surface area contributed by atoms with Crippen molar-refractivity contribution in [3.8, 4) is 0 Å². The van der Waals surface area contributed by atoms with Crippen LogP contribution in [0, 0.1) is 6.92 Å². The van der Waals surface area contributed by atoms with Crippen LogP contribution in [0.1, 0.15) is 38.1 Å². The highest BCUT2D eigenvalue weighted by molar-refractivity contribution is 7.15. The number of aliphatic hydroxyl groups is 1. The summed E-state index contributed by atoms with van der Waals surface area (Å²) in [6, 6.07) is -0.506. The van der Waals surface area contributed by atoms with Gasteiger partial charge in [-0.15, -0.1) is 10.2 Å². The van der Waals surface area contributed by atoms with Gasteiger partial charge in [-0.2, -0.15) is 0 Å². The Kier molecular flexibility index (Phi) is 5.68. The zero-order chi connectivity index (χ0) is 19.7. The molecular weight excluding hydrogens is 370 g/mol. The molecule has 27 heavy (non-hydrogen) atoms. The minimum Gasteiger partial charge on any atom is -0.388 e. The molecule has 2 fully saturated rings. The van der Waals surface area contributed by atoms with E-state index in [1.54, 1.807) is 18.3 Å². The van der Waals surface area contributed by atoms with Gasteiger partial charge in [0.1, 0.15) is 5.01 Å². The molecule has 1 spiro atoms. The summed E-state index contributed by atoms with van der Waals surface area (Å²) in [5.74, 6) is -0.607. The summed E-state index contributed by atoms with van der Waals surface area (Å²) in [7, 11) is 0. The van der Waals surface area contributed by atoms with E-state index < -0.39 is 17.2 Å². The number of nitrogens with one attached hydrogen (secondary N) is 2. The number of anilines is 1. The van der Waals surface area contributed by atoms with Gasteiger partial charge >= 0.3 is 0 Å². The average molecular weight is 398 g/mol. The van der Waals surface area contributed by atoms with E-state index in [0.29, 0.717) is 6.42 Å². The molecule has 0 aliphatic carbocycles. The number of nitrogens with zero attached hydrogens (tertiary/aromatic N) is 3. The first-order chi connectivity index (χ1) is 12.7. The van der Waals surface area contributed by atoms with Gasteiger partial charge in [0, 0.05) is 26.4 Å². The smallest absolute Gasteiger partial charge is 0.239 e. The summed E-state index contributed by atoms with van der Waals surface area (Å²) in [5.41, 5.74) is -1.47. The van der Waals surface area contributed by atoms with Crippen LogP contribution in [0.4, 0.5) is 5.13 Å². The van der Waals surface area contributed by atoms with Gasteiger partial charge < -0.3 is 25.4 Å². The third-order valence-corrected chi connectivity index (χ3v) is 6.18. The maximum atomic E-state index is 12.0. The highest BCUT2D eigenvalue weighted by atomic mass is 32.1. The SMILES string of the molecule is CC(=O)NCC(=O)N[C@H]1COC2(CCN(c3nnc(C)s3)CC2)C[C@]1(C)O. The Morgan fingerprint density at radius 1 is 1.37 bits per heavy atom. The second-order valence-electron chi connectivity index (χ2n) is 7.65. The molecule has 2 aliphatic rings. The van der Waals surface area contributed by atoms with Crippen molar-refractivity contribution >= 4 is 28.3 Å². The number of aromatic nitrogens is 2. The largest absolute Gasteiger partial charge is 0.388 e. The molecule has 1 aromatic rings. The third kappa shape index (κ3) is 4.74. The van der Waals surface area contributed by atoms with Crippen LogP contribution >= 0.6 is 11.3 Å². The van der Waals surface area contributed by atoms with E-state index in [1.807, 2.05) is 6.92 Å². The molecule has 0 aromatic carbocycles. The first-order valence-electron chi connectivity index (χ1n) is 9.14. The Bertz CT molecular complexity index is 699. The minimum absolute atomic E-state index is 0.108. The van der Waals surface area contributed by atoms with E-state index in [1.165, 1.54) is 6.92 Å². The summed E-state index contributed by atoms with van der Waals surface area (Å²) in [6.45, 7) is 6.76. The van der Waals surface area contributed by atoms with Crippen molar-refractivity contribution in [1.82, 2.24) is 20.8 Å². The van der Waals surface area contributed by atoms with Crippen LogP contribution in [-0.4, -0.2) is 70.6 Å². The second kappa shape index (κ2) is 7.69. The lowest BCUT2D eigenvalue weighted by atomic mass is 9.76. The highest BCUT2D eigenvalue weighted by Gasteiger charge is 2.49. The number of rotatable bonds is 4. The normalized spacial score (nSPS) is 27.4. The molecule has 2 saturated heterocycles. The van der Waals surface area contributed by atoms with Crippen LogP contribution in [0.5, 0.6) is 0 Å². The van der Waals surface area contributed by atoms with Gasteiger partial charge in [0.05, 0.1) is 30.4 Å². The summed E-state index contributed by atoms with van der Waals surface area (Å²) in [4.78, 5) is 25.1. The number of carbonyl (C=O) groups excluding carboxylic acids is 2. The maximum absolute atomic E-state index is 12.0. The topological polar surface area (TPSA) is 117 Å². The van der Waals surface area contributed by atoms with Gasteiger partial charge in [-0.3, -0.25) is 9.59 Å². The number of ether oxygens (including phenoxy) is 1. The average Bonchev–Trinajstić information content (AvgIpc) is 3.02. The number of aryl methyl sites for hydroxylation is 1. The van der Waals surface area contributed by atoms with Crippen LogP contribution in [0.3, 0.4) is 0 Å². The van der Waals surface area contributed by atoms with Crippen LogP contribution in [0.15, 0.2) is 0 Å². The molecule has 0 unspecified atom stereocenters. The van der Waals surface area contributed by atoms with Gasteiger partial charge in [-0.25, -0.2) is 0 Å². The molecule has 10 heteroatoms. The van der Waals surface area contributed by atoms with Crippen LogP contribution in [-0.2, 0) is 14.3 Å². The zero-order valence-corrected chi connectivity index (χ0v) is 16.8. The molecule has 150 valence electrons. The number of carbonyl (C=O) groups is 2. The molecule has 1 aromatic heterocycles. The maximum Gasteiger partial charge on any atom is 0.239 e.